The van der Waals surface area contributed by atoms with E-state index in [-0.39, 0.29) is 22.7 Å². The maximum Gasteiger partial charge on any atom is 0.244 e. The van der Waals surface area contributed by atoms with Gasteiger partial charge in [-0.2, -0.15) is 10.2 Å². The summed E-state index contributed by atoms with van der Waals surface area (Å²) in [4.78, 5) is 6.16. The van der Waals surface area contributed by atoms with Gasteiger partial charge in [0.25, 0.3) is 0 Å². The van der Waals surface area contributed by atoms with Gasteiger partial charge in [-0.3, -0.25) is 4.90 Å². The van der Waals surface area contributed by atoms with Crippen molar-refractivity contribution in [3.63, 3.8) is 0 Å². The zero-order valence-corrected chi connectivity index (χ0v) is 17.2. The van der Waals surface area contributed by atoms with E-state index in [9.17, 15) is 17.9 Å². The van der Waals surface area contributed by atoms with Gasteiger partial charge in [0.1, 0.15) is 11.6 Å². The minimum absolute atomic E-state index is 0.00728. The van der Waals surface area contributed by atoms with Crippen molar-refractivity contribution in [3.05, 3.63) is 77.2 Å². The number of aliphatic hydroxyl groups excluding tert-OH is 1. The molecule has 2 heterocycles. The lowest BCUT2D eigenvalue weighted by molar-refractivity contribution is 0.169. The van der Waals surface area contributed by atoms with Crippen molar-refractivity contribution in [1.82, 2.24) is 15.0 Å². The van der Waals surface area contributed by atoms with Crippen LogP contribution in [-0.4, -0.2) is 41.2 Å². The van der Waals surface area contributed by atoms with Crippen molar-refractivity contribution in [2.45, 2.75) is 35.8 Å². The predicted octanol–water partition coefficient (Wildman–Crippen LogP) is 2.36. The number of sulfone groups is 1. The molecule has 1 fully saturated rings. The van der Waals surface area contributed by atoms with Crippen LogP contribution in [0.15, 0.2) is 57.9 Å². The van der Waals surface area contributed by atoms with Gasteiger partial charge >= 0.3 is 0 Å². The Hall–Kier alpha value is -3.13. The van der Waals surface area contributed by atoms with Crippen molar-refractivity contribution >= 4 is 9.84 Å². The number of rotatable bonds is 6. The molecule has 0 unspecified atom stereocenters. The van der Waals surface area contributed by atoms with Crippen molar-refractivity contribution in [2.75, 3.05) is 6.54 Å². The Morgan fingerprint density at radius 1 is 1.26 bits per heavy atom. The Morgan fingerprint density at radius 3 is 2.77 bits per heavy atom. The molecule has 0 radical (unpaired) electrons. The Morgan fingerprint density at radius 2 is 2.03 bits per heavy atom. The number of halogens is 1. The molecule has 1 aromatic heterocycles. The van der Waals surface area contributed by atoms with E-state index in [4.69, 9.17) is 9.78 Å². The third-order valence-corrected chi connectivity index (χ3v) is 6.71. The molecule has 0 aliphatic carbocycles. The highest BCUT2D eigenvalue weighted by Gasteiger charge is 2.36. The summed E-state index contributed by atoms with van der Waals surface area (Å²) in [5.41, 5.74) is 1.44. The van der Waals surface area contributed by atoms with Gasteiger partial charge in [0.05, 0.1) is 28.7 Å². The van der Waals surface area contributed by atoms with Crippen LogP contribution in [-0.2, 0) is 22.1 Å². The number of hydrogen-bond acceptors (Lipinski definition) is 8. The second-order valence-electron chi connectivity index (χ2n) is 7.41. The fraction of sp³-hybridized carbons (Fsp3) is 0.286. The van der Waals surface area contributed by atoms with Crippen molar-refractivity contribution < 1.29 is 22.4 Å². The molecular weight excluding hydrogens is 423 g/mol. The van der Waals surface area contributed by atoms with Crippen LogP contribution in [0.5, 0.6) is 0 Å². The maximum atomic E-state index is 13.1. The van der Waals surface area contributed by atoms with Crippen LogP contribution in [0.3, 0.4) is 0 Å². The number of benzene rings is 2. The van der Waals surface area contributed by atoms with Gasteiger partial charge in [-0.1, -0.05) is 17.3 Å². The van der Waals surface area contributed by atoms with E-state index in [0.29, 0.717) is 25.1 Å². The summed E-state index contributed by atoms with van der Waals surface area (Å²) >= 11 is 0. The largest absolute Gasteiger partial charge is 0.392 e. The van der Waals surface area contributed by atoms with Crippen molar-refractivity contribution in [2.24, 2.45) is 0 Å². The topological polar surface area (TPSA) is 120 Å². The van der Waals surface area contributed by atoms with Gasteiger partial charge in [-0.15, -0.1) is 0 Å². The molecule has 3 aromatic rings. The highest BCUT2D eigenvalue weighted by molar-refractivity contribution is 7.90. The quantitative estimate of drug-likeness (QED) is 0.578. The van der Waals surface area contributed by atoms with E-state index >= 15 is 0 Å². The molecule has 1 saturated heterocycles. The third kappa shape index (κ3) is 4.80. The standard InChI is InChI=1S/C21H19FN4O4S/c22-16-4-6-18(7-5-16)31(28,29)13-20-24-21(30-25-20)19-9-17(27)12-26(19)11-15-3-1-2-14(8-15)10-23/h1-8,17,19,27H,9,11-13H2/t17-,19+/m1/s1. The van der Waals surface area contributed by atoms with E-state index < -0.39 is 27.5 Å². The Labute approximate surface area is 178 Å². The monoisotopic (exact) mass is 442 g/mol. The average Bonchev–Trinajstić information content (AvgIpc) is 3.34. The SMILES string of the molecule is N#Cc1cccc(CN2C[C@H](O)C[C@H]2c2nc(CS(=O)(=O)c3ccc(F)cc3)no2)c1. The van der Waals surface area contributed by atoms with E-state index in [1.807, 2.05) is 11.0 Å². The van der Waals surface area contributed by atoms with Crippen LogP contribution in [0, 0.1) is 17.1 Å². The van der Waals surface area contributed by atoms with E-state index in [2.05, 4.69) is 16.2 Å². The summed E-state index contributed by atoms with van der Waals surface area (Å²) in [5.74, 6) is -0.799. The Bertz CT molecular complexity index is 1220. The molecular formula is C21H19FN4O4S. The molecule has 0 amide bonds. The highest BCUT2D eigenvalue weighted by atomic mass is 32.2. The summed E-state index contributed by atoms with van der Waals surface area (Å²) in [5, 5.41) is 23.0. The molecule has 0 saturated carbocycles. The fourth-order valence-corrected chi connectivity index (χ4v) is 4.82. The first-order chi connectivity index (χ1) is 14.8. The van der Waals surface area contributed by atoms with Gasteiger partial charge in [0.15, 0.2) is 15.7 Å². The first kappa shape index (κ1) is 21.1. The Balaban J connectivity index is 1.51. The van der Waals surface area contributed by atoms with E-state index in [0.717, 1.165) is 17.7 Å². The first-order valence-corrected chi connectivity index (χ1v) is 11.2. The molecule has 1 aliphatic heterocycles. The molecule has 1 aliphatic rings. The van der Waals surface area contributed by atoms with Gasteiger partial charge in [0, 0.05) is 13.1 Å². The highest BCUT2D eigenvalue weighted by Crippen LogP contribution is 2.33. The second-order valence-corrected chi connectivity index (χ2v) is 9.40. The van der Waals surface area contributed by atoms with Crippen molar-refractivity contribution in [3.8, 4) is 6.07 Å². The molecule has 10 heteroatoms. The van der Waals surface area contributed by atoms with Crippen molar-refractivity contribution in [1.29, 1.82) is 5.26 Å². The summed E-state index contributed by atoms with van der Waals surface area (Å²) < 4.78 is 43.5. The normalized spacial score (nSPS) is 19.4. The first-order valence-electron chi connectivity index (χ1n) is 9.56. The summed E-state index contributed by atoms with van der Waals surface area (Å²) in [6.45, 7) is 0.843. The number of aromatic nitrogens is 2. The van der Waals surface area contributed by atoms with Crippen LogP contribution in [0.25, 0.3) is 0 Å². The molecule has 1 N–H and O–H groups in total. The minimum atomic E-state index is -3.77. The smallest absolute Gasteiger partial charge is 0.244 e. The molecule has 8 nitrogen and oxygen atoms in total. The number of hydrogen-bond donors (Lipinski definition) is 1. The third-order valence-electron chi connectivity index (χ3n) is 5.08. The summed E-state index contributed by atoms with van der Waals surface area (Å²) in [6, 6.07) is 13.4. The van der Waals surface area contributed by atoms with Crippen LogP contribution < -0.4 is 0 Å². The average molecular weight is 442 g/mol. The van der Waals surface area contributed by atoms with Gasteiger partial charge in [-0.25, -0.2) is 12.8 Å². The molecule has 160 valence electrons. The van der Waals surface area contributed by atoms with Crippen LogP contribution in [0.1, 0.15) is 35.3 Å². The molecule has 2 atom stereocenters. The van der Waals surface area contributed by atoms with Crippen LogP contribution >= 0.6 is 0 Å². The van der Waals surface area contributed by atoms with Crippen LogP contribution in [0.2, 0.25) is 0 Å². The van der Waals surface area contributed by atoms with Crippen LogP contribution in [0.4, 0.5) is 4.39 Å². The molecule has 0 bridgehead atoms. The zero-order valence-electron chi connectivity index (χ0n) is 16.3. The number of nitriles is 1. The van der Waals surface area contributed by atoms with E-state index in [1.54, 1.807) is 18.2 Å². The Kier molecular flexibility index (Phi) is 5.82. The predicted molar refractivity (Wildman–Crippen MR) is 107 cm³/mol. The lowest BCUT2D eigenvalue weighted by Gasteiger charge is -2.21. The summed E-state index contributed by atoms with van der Waals surface area (Å²) in [7, 11) is -3.77. The minimum Gasteiger partial charge on any atom is -0.392 e. The number of aliphatic hydroxyl groups is 1. The number of nitrogens with zero attached hydrogens (tertiary/aromatic N) is 4. The lowest BCUT2D eigenvalue weighted by atomic mass is 10.1. The number of β-amino-alcohol motifs (C(OH)–C–C–N with tert-alkyl or cyclic N) is 1. The lowest BCUT2D eigenvalue weighted by Crippen LogP contribution is -2.24. The molecule has 31 heavy (non-hydrogen) atoms. The summed E-state index contributed by atoms with van der Waals surface area (Å²) in [6.07, 6.45) is -0.230. The second kappa shape index (κ2) is 8.55. The van der Waals surface area contributed by atoms with E-state index in [1.165, 1.54) is 12.1 Å². The van der Waals surface area contributed by atoms with Gasteiger partial charge in [0.2, 0.25) is 5.89 Å². The molecule has 4 rings (SSSR count). The van der Waals surface area contributed by atoms with Gasteiger partial charge < -0.3 is 9.63 Å². The zero-order chi connectivity index (χ0) is 22.0. The maximum absolute atomic E-state index is 13.1. The molecule has 0 spiro atoms. The molecule has 2 aromatic carbocycles. The number of likely N-dealkylation sites (tertiary alicyclic amines) is 1. The van der Waals surface area contributed by atoms with Gasteiger partial charge in [-0.05, 0) is 48.4 Å². The fourth-order valence-electron chi connectivity index (χ4n) is 3.64.